The number of hydrogen-bond donors (Lipinski definition) is 2. The molecule has 170 valence electrons. The molecule has 0 unspecified atom stereocenters. The summed E-state index contributed by atoms with van der Waals surface area (Å²) in [7, 11) is 0. The molecule has 0 aliphatic carbocycles. The third-order valence-electron chi connectivity index (χ3n) is 6.37. The number of amides is 2. The molecule has 2 heterocycles. The lowest BCUT2D eigenvalue weighted by Crippen LogP contribution is -2.44. The zero-order valence-corrected chi connectivity index (χ0v) is 19.4. The Bertz CT molecular complexity index is 1120. The van der Waals surface area contributed by atoms with Crippen molar-refractivity contribution in [3.63, 3.8) is 0 Å². The third kappa shape index (κ3) is 5.79. The second-order valence-electron chi connectivity index (χ2n) is 8.77. The molecule has 1 saturated heterocycles. The van der Waals surface area contributed by atoms with Crippen LogP contribution in [0.15, 0.2) is 73.1 Å². The molecular weight excluding hydrogens is 434 g/mol. The highest BCUT2D eigenvalue weighted by Crippen LogP contribution is 2.31. The highest BCUT2D eigenvalue weighted by atomic mass is 35.5. The van der Waals surface area contributed by atoms with Crippen molar-refractivity contribution in [2.45, 2.75) is 50.6 Å². The molecule has 1 fully saturated rings. The molecular formula is C27H28ClN3O2. The zero-order chi connectivity index (χ0) is 23.3. The van der Waals surface area contributed by atoms with Crippen molar-refractivity contribution in [1.29, 1.82) is 0 Å². The molecule has 1 aromatic heterocycles. The maximum atomic E-state index is 13.1. The Morgan fingerprint density at radius 1 is 1.12 bits per heavy atom. The van der Waals surface area contributed by atoms with Gasteiger partial charge in [0.15, 0.2) is 0 Å². The lowest BCUT2D eigenvalue weighted by atomic mass is 9.85. The number of carbonyl (C=O) groups excluding carboxylic acids is 2. The number of rotatable bonds is 8. The van der Waals surface area contributed by atoms with E-state index in [1.54, 1.807) is 12.4 Å². The first-order valence-electron chi connectivity index (χ1n) is 11.2. The summed E-state index contributed by atoms with van der Waals surface area (Å²) in [4.78, 5) is 29.3. The molecule has 1 aliphatic rings. The summed E-state index contributed by atoms with van der Waals surface area (Å²) in [5, 5.41) is 7.05. The second-order valence-corrected chi connectivity index (χ2v) is 9.21. The van der Waals surface area contributed by atoms with Crippen molar-refractivity contribution in [3.05, 3.63) is 100 Å². The second kappa shape index (κ2) is 10.2. The first kappa shape index (κ1) is 23.0. The SMILES string of the molecule is Cc1ccccc1[C@H](NC(=O)CC[C@]1(Cc2ccc(Cl)cc2)CCC(=O)N1)c1ccncc1. The van der Waals surface area contributed by atoms with E-state index in [4.69, 9.17) is 11.6 Å². The topological polar surface area (TPSA) is 71.1 Å². The smallest absolute Gasteiger partial charge is 0.220 e. The van der Waals surface area contributed by atoms with E-state index in [1.165, 1.54) is 0 Å². The summed E-state index contributed by atoms with van der Waals surface area (Å²) >= 11 is 6.02. The van der Waals surface area contributed by atoms with Crippen LogP contribution in [0.2, 0.25) is 5.02 Å². The Balaban J connectivity index is 1.49. The van der Waals surface area contributed by atoms with Crippen LogP contribution in [0.25, 0.3) is 0 Å². The van der Waals surface area contributed by atoms with Crippen LogP contribution in [0, 0.1) is 6.92 Å². The molecule has 5 nitrogen and oxygen atoms in total. The molecule has 2 N–H and O–H groups in total. The average Bonchev–Trinajstić information content (AvgIpc) is 3.19. The summed E-state index contributed by atoms with van der Waals surface area (Å²) in [6.07, 6.45) is 6.25. The summed E-state index contributed by atoms with van der Waals surface area (Å²) < 4.78 is 0. The minimum Gasteiger partial charge on any atom is -0.350 e. The summed E-state index contributed by atoms with van der Waals surface area (Å²) in [6, 6.07) is 19.3. The lowest BCUT2D eigenvalue weighted by Gasteiger charge is -2.30. The molecule has 0 spiro atoms. The van der Waals surface area contributed by atoms with E-state index < -0.39 is 5.54 Å². The Morgan fingerprint density at radius 3 is 2.52 bits per heavy atom. The molecule has 3 aromatic rings. The van der Waals surface area contributed by atoms with Crippen molar-refractivity contribution in [1.82, 2.24) is 15.6 Å². The van der Waals surface area contributed by atoms with Crippen LogP contribution in [0.5, 0.6) is 0 Å². The van der Waals surface area contributed by atoms with Crippen molar-refractivity contribution in [2.75, 3.05) is 0 Å². The molecule has 0 saturated carbocycles. The molecule has 2 atom stereocenters. The van der Waals surface area contributed by atoms with E-state index in [0.717, 1.165) is 22.3 Å². The molecule has 0 bridgehead atoms. The van der Waals surface area contributed by atoms with Gasteiger partial charge in [-0.25, -0.2) is 0 Å². The van der Waals surface area contributed by atoms with Gasteiger partial charge in [-0.3, -0.25) is 14.6 Å². The van der Waals surface area contributed by atoms with Gasteiger partial charge in [-0.1, -0.05) is 48.0 Å². The molecule has 2 aromatic carbocycles. The number of carbonyl (C=O) groups is 2. The lowest BCUT2D eigenvalue weighted by molar-refractivity contribution is -0.123. The Labute approximate surface area is 199 Å². The first-order chi connectivity index (χ1) is 15.9. The van der Waals surface area contributed by atoms with E-state index in [9.17, 15) is 9.59 Å². The molecule has 6 heteroatoms. The fourth-order valence-corrected chi connectivity index (χ4v) is 4.69. The Hall–Kier alpha value is -3.18. The van der Waals surface area contributed by atoms with Crippen molar-refractivity contribution in [3.8, 4) is 0 Å². The van der Waals surface area contributed by atoms with Gasteiger partial charge in [0.25, 0.3) is 0 Å². The molecule has 4 rings (SSSR count). The number of nitrogens with zero attached hydrogens (tertiary/aromatic N) is 1. The van der Waals surface area contributed by atoms with Crippen molar-refractivity contribution < 1.29 is 9.59 Å². The van der Waals surface area contributed by atoms with Crippen LogP contribution >= 0.6 is 11.6 Å². The van der Waals surface area contributed by atoms with Crippen LogP contribution in [-0.2, 0) is 16.0 Å². The normalized spacial score (nSPS) is 18.5. The maximum Gasteiger partial charge on any atom is 0.220 e. The van der Waals surface area contributed by atoms with E-state index in [-0.39, 0.29) is 17.9 Å². The van der Waals surface area contributed by atoms with E-state index in [0.29, 0.717) is 37.1 Å². The zero-order valence-electron chi connectivity index (χ0n) is 18.7. The van der Waals surface area contributed by atoms with Gasteiger partial charge in [0, 0.05) is 35.8 Å². The van der Waals surface area contributed by atoms with Gasteiger partial charge >= 0.3 is 0 Å². The monoisotopic (exact) mass is 461 g/mol. The Morgan fingerprint density at radius 2 is 1.85 bits per heavy atom. The number of benzene rings is 2. The summed E-state index contributed by atoms with van der Waals surface area (Å²) in [5.74, 6) is -0.00404. The van der Waals surface area contributed by atoms with E-state index in [2.05, 4.69) is 15.6 Å². The standard InChI is InChI=1S/C27H28ClN3O2/c1-19-4-2-3-5-23(19)26(21-12-16-29-17-13-21)30-24(32)10-14-27(15-11-25(33)31-27)18-20-6-8-22(28)9-7-20/h2-9,12-13,16-17,26H,10-11,14-15,18H2,1H3,(H,30,32)(H,31,33)/t26-,27-/m1/s1. The average molecular weight is 462 g/mol. The van der Waals surface area contributed by atoms with Gasteiger partial charge in [0.1, 0.15) is 0 Å². The highest BCUT2D eigenvalue weighted by molar-refractivity contribution is 6.30. The number of nitrogens with one attached hydrogen (secondary N) is 2. The van der Waals surface area contributed by atoms with Gasteiger partial charge in [-0.2, -0.15) is 0 Å². The molecule has 1 aliphatic heterocycles. The van der Waals surface area contributed by atoms with Gasteiger partial charge in [0.2, 0.25) is 11.8 Å². The van der Waals surface area contributed by atoms with Gasteiger partial charge in [-0.05, 0) is 72.7 Å². The van der Waals surface area contributed by atoms with Crippen LogP contribution in [-0.4, -0.2) is 22.3 Å². The van der Waals surface area contributed by atoms with Gasteiger partial charge in [-0.15, -0.1) is 0 Å². The van der Waals surface area contributed by atoms with Crippen molar-refractivity contribution in [2.24, 2.45) is 0 Å². The van der Waals surface area contributed by atoms with Gasteiger partial charge < -0.3 is 10.6 Å². The van der Waals surface area contributed by atoms with Crippen molar-refractivity contribution >= 4 is 23.4 Å². The van der Waals surface area contributed by atoms with Crippen LogP contribution in [0.3, 0.4) is 0 Å². The fourth-order valence-electron chi connectivity index (χ4n) is 4.57. The Kier molecular flexibility index (Phi) is 7.09. The predicted molar refractivity (Wildman–Crippen MR) is 130 cm³/mol. The fraction of sp³-hybridized carbons (Fsp3) is 0.296. The molecule has 33 heavy (non-hydrogen) atoms. The number of aryl methyl sites for hydroxylation is 1. The van der Waals surface area contributed by atoms with Crippen LogP contribution in [0.4, 0.5) is 0 Å². The summed E-state index contributed by atoms with van der Waals surface area (Å²) in [6.45, 7) is 2.05. The van der Waals surface area contributed by atoms with E-state index >= 15 is 0 Å². The summed E-state index contributed by atoms with van der Waals surface area (Å²) in [5.41, 5.74) is 3.83. The highest BCUT2D eigenvalue weighted by Gasteiger charge is 2.38. The minimum atomic E-state index is -0.420. The third-order valence-corrected chi connectivity index (χ3v) is 6.62. The van der Waals surface area contributed by atoms with Crippen LogP contribution < -0.4 is 10.6 Å². The number of pyridine rings is 1. The number of halogens is 1. The van der Waals surface area contributed by atoms with Crippen LogP contribution in [0.1, 0.15) is 54.0 Å². The number of hydrogen-bond acceptors (Lipinski definition) is 3. The number of aromatic nitrogens is 1. The maximum absolute atomic E-state index is 13.1. The van der Waals surface area contributed by atoms with Gasteiger partial charge in [0.05, 0.1) is 6.04 Å². The first-order valence-corrected chi connectivity index (χ1v) is 11.6. The predicted octanol–water partition coefficient (Wildman–Crippen LogP) is 4.92. The largest absolute Gasteiger partial charge is 0.350 e. The molecule has 0 radical (unpaired) electrons. The quantitative estimate of drug-likeness (QED) is 0.500. The molecule has 2 amide bonds. The minimum absolute atomic E-state index is 0.0407. The van der Waals surface area contributed by atoms with E-state index in [1.807, 2.05) is 67.6 Å².